The Hall–Kier alpha value is -2.04. The predicted octanol–water partition coefficient (Wildman–Crippen LogP) is 2.06. The third-order valence-corrected chi connectivity index (χ3v) is 2.26. The number of aryl methyl sites for hydroxylation is 1. The minimum Gasteiger partial charge on any atom is -0.352 e. The van der Waals surface area contributed by atoms with E-state index >= 15 is 0 Å². The van der Waals surface area contributed by atoms with E-state index in [1.54, 1.807) is 12.4 Å². The van der Waals surface area contributed by atoms with Crippen molar-refractivity contribution in [1.82, 2.24) is 19.9 Å². The molecule has 0 saturated carbocycles. The van der Waals surface area contributed by atoms with Gasteiger partial charge in [-0.3, -0.25) is 0 Å². The average Bonchev–Trinajstić information content (AvgIpc) is 2.29. The van der Waals surface area contributed by atoms with Gasteiger partial charge in [0, 0.05) is 24.0 Å². The summed E-state index contributed by atoms with van der Waals surface area (Å²) in [6, 6.07) is 2.16. The average molecular weight is 229 g/mol. The summed E-state index contributed by atoms with van der Waals surface area (Å²) in [5, 5.41) is 3.17. The molecule has 2 aromatic heterocycles. The van der Waals surface area contributed by atoms with Crippen LogP contribution in [0.3, 0.4) is 0 Å². The first-order valence-corrected chi connectivity index (χ1v) is 5.53. The Morgan fingerprint density at radius 2 is 2.06 bits per heavy atom. The maximum Gasteiger partial charge on any atom is 0.223 e. The van der Waals surface area contributed by atoms with Crippen molar-refractivity contribution in [3.63, 3.8) is 0 Å². The predicted molar refractivity (Wildman–Crippen MR) is 66.6 cm³/mol. The SMILES string of the molecule is Cc1ncncc1-c1ccnc(NC(C)C)n1. The quantitative estimate of drug-likeness (QED) is 0.872. The fourth-order valence-corrected chi connectivity index (χ4v) is 1.48. The van der Waals surface area contributed by atoms with Gasteiger partial charge in [0.15, 0.2) is 0 Å². The molecule has 0 atom stereocenters. The fourth-order valence-electron chi connectivity index (χ4n) is 1.48. The van der Waals surface area contributed by atoms with Crippen molar-refractivity contribution in [2.45, 2.75) is 26.8 Å². The Morgan fingerprint density at radius 1 is 1.24 bits per heavy atom. The van der Waals surface area contributed by atoms with E-state index in [2.05, 4.69) is 25.3 Å². The van der Waals surface area contributed by atoms with E-state index < -0.39 is 0 Å². The van der Waals surface area contributed by atoms with Crippen LogP contribution in [0.1, 0.15) is 19.5 Å². The number of rotatable bonds is 3. The van der Waals surface area contributed by atoms with Crippen LogP contribution < -0.4 is 5.32 Å². The summed E-state index contributed by atoms with van der Waals surface area (Å²) >= 11 is 0. The molecule has 17 heavy (non-hydrogen) atoms. The van der Waals surface area contributed by atoms with Gasteiger partial charge >= 0.3 is 0 Å². The van der Waals surface area contributed by atoms with Crippen LogP contribution in [0.15, 0.2) is 24.8 Å². The first kappa shape index (κ1) is 11.4. The molecule has 0 spiro atoms. The molecular weight excluding hydrogens is 214 g/mol. The van der Waals surface area contributed by atoms with E-state index in [9.17, 15) is 0 Å². The molecule has 0 aliphatic heterocycles. The molecule has 88 valence electrons. The van der Waals surface area contributed by atoms with Crippen LogP contribution in [0.4, 0.5) is 5.95 Å². The lowest BCUT2D eigenvalue weighted by Gasteiger charge is -2.09. The largest absolute Gasteiger partial charge is 0.352 e. The first-order valence-electron chi connectivity index (χ1n) is 5.53. The van der Waals surface area contributed by atoms with Crippen molar-refractivity contribution < 1.29 is 0 Å². The first-order chi connectivity index (χ1) is 8.16. The van der Waals surface area contributed by atoms with Crippen LogP contribution in [0.25, 0.3) is 11.3 Å². The number of aromatic nitrogens is 4. The molecular formula is C12H15N5. The summed E-state index contributed by atoms with van der Waals surface area (Å²) in [4.78, 5) is 16.8. The van der Waals surface area contributed by atoms with Gasteiger partial charge in [0.05, 0.1) is 11.4 Å². The molecule has 0 saturated heterocycles. The van der Waals surface area contributed by atoms with Crippen LogP contribution in [0, 0.1) is 6.92 Å². The van der Waals surface area contributed by atoms with Gasteiger partial charge in [0.2, 0.25) is 5.95 Å². The second-order valence-electron chi connectivity index (χ2n) is 4.09. The van der Waals surface area contributed by atoms with Gasteiger partial charge in [-0.15, -0.1) is 0 Å². The molecule has 2 heterocycles. The van der Waals surface area contributed by atoms with E-state index in [1.807, 2.05) is 26.8 Å². The van der Waals surface area contributed by atoms with Crippen molar-refractivity contribution in [3.8, 4) is 11.3 Å². The molecule has 1 N–H and O–H groups in total. The highest BCUT2D eigenvalue weighted by Crippen LogP contribution is 2.18. The van der Waals surface area contributed by atoms with Gasteiger partial charge < -0.3 is 5.32 Å². The molecule has 0 aliphatic carbocycles. The summed E-state index contributed by atoms with van der Waals surface area (Å²) in [5.74, 6) is 0.626. The molecule has 0 radical (unpaired) electrons. The molecule has 2 rings (SSSR count). The third kappa shape index (κ3) is 2.75. The van der Waals surface area contributed by atoms with Crippen molar-refractivity contribution in [3.05, 3.63) is 30.5 Å². The minimum atomic E-state index is 0.304. The molecule has 0 bridgehead atoms. The van der Waals surface area contributed by atoms with Gasteiger partial charge in [-0.05, 0) is 26.8 Å². The van der Waals surface area contributed by atoms with Crippen molar-refractivity contribution >= 4 is 5.95 Å². The van der Waals surface area contributed by atoms with Crippen molar-refractivity contribution in [2.75, 3.05) is 5.32 Å². The van der Waals surface area contributed by atoms with Gasteiger partial charge in [0.1, 0.15) is 6.33 Å². The van der Waals surface area contributed by atoms with E-state index in [0.717, 1.165) is 17.0 Å². The van der Waals surface area contributed by atoms with Crippen LogP contribution >= 0.6 is 0 Å². The van der Waals surface area contributed by atoms with Crippen LogP contribution in [0.5, 0.6) is 0 Å². The Balaban J connectivity index is 2.37. The minimum absolute atomic E-state index is 0.304. The molecule has 0 aromatic carbocycles. The molecule has 5 heteroatoms. The Kier molecular flexibility index (Phi) is 3.27. The fraction of sp³-hybridized carbons (Fsp3) is 0.333. The summed E-state index contributed by atoms with van der Waals surface area (Å²) in [5.41, 5.74) is 2.68. The normalized spacial score (nSPS) is 10.6. The second-order valence-corrected chi connectivity index (χ2v) is 4.09. The van der Waals surface area contributed by atoms with E-state index in [4.69, 9.17) is 0 Å². The highest BCUT2D eigenvalue weighted by Gasteiger charge is 2.06. The van der Waals surface area contributed by atoms with Crippen molar-refractivity contribution in [2.24, 2.45) is 0 Å². The van der Waals surface area contributed by atoms with Crippen LogP contribution in [-0.4, -0.2) is 26.0 Å². The number of hydrogen-bond acceptors (Lipinski definition) is 5. The summed E-state index contributed by atoms with van der Waals surface area (Å²) in [7, 11) is 0. The molecule has 0 amide bonds. The molecule has 0 aliphatic rings. The smallest absolute Gasteiger partial charge is 0.223 e. The number of nitrogens with one attached hydrogen (secondary N) is 1. The van der Waals surface area contributed by atoms with Crippen LogP contribution in [0.2, 0.25) is 0 Å². The summed E-state index contributed by atoms with van der Waals surface area (Å²) in [6.07, 6.45) is 5.04. The molecule has 2 aromatic rings. The van der Waals surface area contributed by atoms with E-state index in [1.165, 1.54) is 6.33 Å². The molecule has 0 unspecified atom stereocenters. The number of hydrogen-bond donors (Lipinski definition) is 1. The molecule has 0 fully saturated rings. The van der Waals surface area contributed by atoms with E-state index in [0.29, 0.717) is 12.0 Å². The lowest BCUT2D eigenvalue weighted by atomic mass is 10.2. The number of anilines is 1. The van der Waals surface area contributed by atoms with Gasteiger partial charge in [-0.25, -0.2) is 19.9 Å². The maximum atomic E-state index is 4.44. The Bertz CT molecular complexity index is 510. The standard InChI is InChI=1S/C12H15N5/c1-8(2)16-12-14-5-4-11(17-12)10-6-13-7-15-9(10)3/h4-8H,1-3H3,(H,14,16,17). The zero-order chi connectivity index (χ0) is 12.3. The highest BCUT2D eigenvalue weighted by atomic mass is 15.1. The van der Waals surface area contributed by atoms with Gasteiger partial charge in [0.25, 0.3) is 0 Å². The third-order valence-electron chi connectivity index (χ3n) is 2.26. The zero-order valence-electron chi connectivity index (χ0n) is 10.2. The molecule has 5 nitrogen and oxygen atoms in total. The summed E-state index contributed by atoms with van der Waals surface area (Å²) < 4.78 is 0. The Labute approximate surface area is 100 Å². The van der Waals surface area contributed by atoms with Gasteiger partial charge in [-0.2, -0.15) is 0 Å². The zero-order valence-corrected chi connectivity index (χ0v) is 10.2. The lowest BCUT2D eigenvalue weighted by Crippen LogP contribution is -2.12. The number of nitrogens with zero attached hydrogens (tertiary/aromatic N) is 4. The topological polar surface area (TPSA) is 63.6 Å². The monoisotopic (exact) mass is 229 g/mol. The Morgan fingerprint density at radius 3 is 2.76 bits per heavy atom. The lowest BCUT2D eigenvalue weighted by molar-refractivity contribution is 0.875. The highest BCUT2D eigenvalue weighted by molar-refractivity contribution is 5.61. The second kappa shape index (κ2) is 4.86. The van der Waals surface area contributed by atoms with Crippen molar-refractivity contribution in [1.29, 1.82) is 0 Å². The van der Waals surface area contributed by atoms with Crippen LogP contribution in [-0.2, 0) is 0 Å². The maximum absolute atomic E-state index is 4.44. The summed E-state index contributed by atoms with van der Waals surface area (Å²) in [6.45, 7) is 6.04. The van der Waals surface area contributed by atoms with E-state index in [-0.39, 0.29) is 0 Å². The van der Waals surface area contributed by atoms with Gasteiger partial charge in [-0.1, -0.05) is 0 Å².